The Morgan fingerprint density at radius 1 is 0.415 bits per heavy atom. The molecule has 15 rings (SSSR count). The van der Waals surface area contributed by atoms with Crippen LogP contribution < -0.4 is 10.8 Å². The Balaban J connectivity index is 0.000000122. The molecule has 0 aromatic heterocycles. The average molecular weight is 1270 g/mol. The molecule has 4 heterocycles. The van der Waals surface area contributed by atoms with Gasteiger partial charge in [0.15, 0.2) is 0 Å². The molecule has 4 unspecified atom stereocenters. The number of aryl methyl sites for hydroxylation is 3. The molecule has 16 nitrogen and oxygen atoms in total. The maximum Gasteiger partial charge on any atom is 0.338 e. The minimum atomic E-state index is -0.862. The van der Waals surface area contributed by atoms with E-state index in [1.807, 2.05) is 157 Å². The summed E-state index contributed by atoms with van der Waals surface area (Å²) in [5, 5.41) is 21.8. The number of ether oxygens (including phenoxy) is 2. The summed E-state index contributed by atoms with van der Waals surface area (Å²) in [6, 6.07) is 46.2. The van der Waals surface area contributed by atoms with Gasteiger partial charge in [0.05, 0.1) is 30.9 Å². The second-order valence-corrected chi connectivity index (χ2v) is 27.9. The number of carboxylic acid groups (broad SMARTS) is 1. The van der Waals surface area contributed by atoms with Crippen molar-refractivity contribution in [1.29, 1.82) is 0 Å². The SMILES string of the molecule is COC(=O)c1cccc2c1CC1(CCN(C(=O)c3ccc(C)cc3)C1)C2.COC(=O)c1cccc2c1CC1(CCNC1)C2.Cc1ccc(C(=O)N2CCC3(Cc4cccc(C(=O)NO)c4C3)C2)cc1.Cc1ccc(C(=O)N2CCC3(Cc4cccc(C(=O)O)c4C3)C2)cc1. The van der Waals surface area contributed by atoms with E-state index in [1.54, 1.807) is 17.6 Å². The topological polar surface area (TPSA) is 212 Å². The highest BCUT2D eigenvalue weighted by atomic mass is 16.5. The molecule has 0 saturated carbocycles. The summed E-state index contributed by atoms with van der Waals surface area (Å²) >= 11 is 0. The number of nitrogens with zero attached hydrogens (tertiary/aromatic N) is 3. The number of carbonyl (C=O) groups excluding carboxylic acids is 6. The minimum Gasteiger partial charge on any atom is -0.478 e. The second kappa shape index (κ2) is 26.6. The second-order valence-electron chi connectivity index (χ2n) is 27.9. The fourth-order valence-corrected chi connectivity index (χ4v) is 16.4. The lowest BCUT2D eigenvalue weighted by Gasteiger charge is -2.24. The summed E-state index contributed by atoms with van der Waals surface area (Å²) in [6.45, 7) is 12.6. The molecule has 8 aliphatic rings. The number of esters is 2. The lowest BCUT2D eigenvalue weighted by Crippen LogP contribution is -2.32. The van der Waals surface area contributed by atoms with Gasteiger partial charge in [0.2, 0.25) is 0 Å². The first-order chi connectivity index (χ1) is 45.2. The van der Waals surface area contributed by atoms with Crippen LogP contribution in [0.25, 0.3) is 0 Å². The molecule has 4 atom stereocenters. The number of hydrogen-bond acceptors (Lipinski definition) is 11. The minimum absolute atomic E-state index is 0.00543. The summed E-state index contributed by atoms with van der Waals surface area (Å²) in [7, 11) is 2.87. The van der Waals surface area contributed by atoms with E-state index in [9.17, 15) is 38.7 Å². The molecule has 4 aliphatic heterocycles. The van der Waals surface area contributed by atoms with Gasteiger partial charge in [-0.1, -0.05) is 102 Å². The number of likely N-dealkylation sites (tertiary alicyclic amines) is 3. The fraction of sp³-hybridized carbons (Fsp3) is 0.372. The van der Waals surface area contributed by atoms with E-state index in [4.69, 9.17) is 14.7 Å². The number of fused-ring (bicyclic) bond motifs is 4. The number of methoxy groups -OCH3 is 2. The highest BCUT2D eigenvalue weighted by molar-refractivity contribution is 5.97. The van der Waals surface area contributed by atoms with Crippen LogP contribution in [0, 0.1) is 42.4 Å². The Morgan fingerprint density at radius 2 is 0.734 bits per heavy atom. The molecule has 4 saturated heterocycles. The number of aromatic carboxylic acids is 1. The summed E-state index contributed by atoms with van der Waals surface area (Å²) in [4.78, 5) is 91.5. The van der Waals surface area contributed by atoms with E-state index in [-0.39, 0.29) is 45.9 Å². The summed E-state index contributed by atoms with van der Waals surface area (Å²) < 4.78 is 9.79. The molecule has 7 aromatic carbocycles. The van der Waals surface area contributed by atoms with Crippen LogP contribution in [-0.2, 0) is 60.8 Å². The number of carboxylic acids is 1. The van der Waals surface area contributed by atoms with Crippen LogP contribution in [0.15, 0.2) is 146 Å². The number of carbonyl (C=O) groups is 7. The third-order valence-electron chi connectivity index (χ3n) is 21.4. The van der Waals surface area contributed by atoms with Gasteiger partial charge in [0.25, 0.3) is 23.6 Å². The Morgan fingerprint density at radius 3 is 1.06 bits per heavy atom. The molecule has 4 aliphatic carbocycles. The van der Waals surface area contributed by atoms with Crippen molar-refractivity contribution < 1.29 is 53.3 Å². The molecular formula is C78H83N5O11. The Kier molecular flexibility index (Phi) is 18.4. The van der Waals surface area contributed by atoms with E-state index < -0.39 is 11.9 Å². The van der Waals surface area contributed by atoms with Gasteiger partial charge >= 0.3 is 17.9 Å². The van der Waals surface area contributed by atoms with E-state index in [1.165, 1.54) is 37.3 Å². The number of hydroxylamine groups is 1. The number of hydrogen-bond donors (Lipinski definition) is 4. The van der Waals surface area contributed by atoms with Crippen LogP contribution in [-0.4, -0.2) is 133 Å². The first kappa shape index (κ1) is 64.8. The van der Waals surface area contributed by atoms with Crippen LogP contribution >= 0.6 is 0 Å². The van der Waals surface area contributed by atoms with E-state index in [0.717, 1.165) is 177 Å². The third-order valence-corrected chi connectivity index (χ3v) is 21.4. The molecule has 4 amide bonds. The Labute approximate surface area is 549 Å². The van der Waals surface area contributed by atoms with Crippen molar-refractivity contribution in [2.24, 2.45) is 21.7 Å². The Bertz CT molecular complexity index is 3950. The predicted molar refractivity (Wildman–Crippen MR) is 357 cm³/mol. The molecular weight excluding hydrogens is 1180 g/mol. The Hall–Kier alpha value is -9.25. The molecule has 0 bridgehead atoms. The first-order valence-electron chi connectivity index (χ1n) is 32.8. The van der Waals surface area contributed by atoms with E-state index in [0.29, 0.717) is 35.2 Å². The highest BCUT2D eigenvalue weighted by Crippen LogP contribution is 2.49. The van der Waals surface area contributed by atoms with Crippen LogP contribution in [0.3, 0.4) is 0 Å². The zero-order valence-corrected chi connectivity index (χ0v) is 54.4. The van der Waals surface area contributed by atoms with Crippen molar-refractivity contribution in [2.45, 2.75) is 97.8 Å². The lowest BCUT2D eigenvalue weighted by molar-refractivity contribution is 0.0590. The maximum absolute atomic E-state index is 12.8. The van der Waals surface area contributed by atoms with Crippen molar-refractivity contribution in [1.82, 2.24) is 25.5 Å². The van der Waals surface area contributed by atoms with Gasteiger partial charge in [-0.25, -0.2) is 19.9 Å². The number of rotatable bonds is 7. The van der Waals surface area contributed by atoms with Gasteiger partial charge in [-0.05, 0) is 231 Å². The average Bonchev–Trinajstić information content (AvgIpc) is 1.63. The summed E-state index contributed by atoms with van der Waals surface area (Å²) in [6.07, 6.45) is 11.2. The molecule has 4 fully saturated rings. The van der Waals surface area contributed by atoms with Crippen LogP contribution in [0.4, 0.5) is 0 Å². The van der Waals surface area contributed by atoms with Gasteiger partial charge in [-0.2, -0.15) is 0 Å². The van der Waals surface area contributed by atoms with Gasteiger partial charge in [0, 0.05) is 68.1 Å². The van der Waals surface area contributed by atoms with Crippen LogP contribution in [0.5, 0.6) is 0 Å². The smallest absolute Gasteiger partial charge is 0.338 e. The standard InChI is InChI=1S/C22H23NO3.C21H22N2O3.C21H21NO3.C14H17NO2/c1-15-6-8-16(9-7-15)20(24)23-11-10-22(14-23)12-17-4-3-5-18(19(17)13-22)21(25)26-2;1-14-5-7-15(8-6-14)20(25)23-10-9-21(13-23)11-16-3-2-4-17(18(16)12-21)19(24)22-26;1-14-5-7-15(8-6-14)19(23)22-10-9-21(13-22)11-16-3-2-4-17(20(24)25)18(16)12-21;1-17-13(16)11-4-2-3-10-7-14(8-12(10)11)5-6-15-9-14/h3-9H,10-14H2,1-2H3;2-8,26H,9-13H2,1H3,(H,22,24);2-8H,9-13H2,1H3,(H,24,25);2-4,15H,5-9H2,1H3. The fourth-order valence-electron chi connectivity index (χ4n) is 16.4. The van der Waals surface area contributed by atoms with Crippen LogP contribution in [0.1, 0.15) is 159 Å². The van der Waals surface area contributed by atoms with Crippen molar-refractivity contribution in [3.63, 3.8) is 0 Å². The van der Waals surface area contributed by atoms with E-state index in [2.05, 4.69) is 17.4 Å². The molecule has 94 heavy (non-hydrogen) atoms. The molecule has 7 aromatic rings. The van der Waals surface area contributed by atoms with Crippen molar-refractivity contribution in [2.75, 3.05) is 66.6 Å². The van der Waals surface area contributed by atoms with Gasteiger partial charge in [0.1, 0.15) is 0 Å². The van der Waals surface area contributed by atoms with Gasteiger partial charge in [-0.15, -0.1) is 0 Å². The van der Waals surface area contributed by atoms with E-state index >= 15 is 0 Å². The van der Waals surface area contributed by atoms with Gasteiger partial charge < -0.3 is 34.6 Å². The van der Waals surface area contributed by atoms with Crippen molar-refractivity contribution >= 4 is 41.5 Å². The molecule has 0 radical (unpaired) electrons. The largest absolute Gasteiger partial charge is 0.478 e. The third kappa shape index (κ3) is 13.2. The molecule has 16 heteroatoms. The summed E-state index contributed by atoms with van der Waals surface area (Å²) in [5.41, 5.74) is 19.2. The zero-order chi connectivity index (χ0) is 66.1. The lowest BCUT2D eigenvalue weighted by atomic mass is 9.84. The zero-order valence-electron chi connectivity index (χ0n) is 54.4. The number of amides is 4. The number of nitrogens with one attached hydrogen (secondary N) is 2. The maximum atomic E-state index is 12.8. The number of benzene rings is 7. The molecule has 4 N–H and O–H groups in total. The molecule has 486 valence electrons. The quantitative estimate of drug-likeness (QED) is 0.0667. The normalized spacial score (nSPS) is 22.1. The van der Waals surface area contributed by atoms with Crippen LogP contribution in [0.2, 0.25) is 0 Å². The predicted octanol–water partition coefficient (Wildman–Crippen LogP) is 11.0. The summed E-state index contributed by atoms with van der Waals surface area (Å²) in [5.74, 6) is -1.55. The highest BCUT2D eigenvalue weighted by Gasteiger charge is 2.49. The molecule has 4 spiro atoms. The van der Waals surface area contributed by atoms with Crippen molar-refractivity contribution in [3.8, 4) is 0 Å². The van der Waals surface area contributed by atoms with Gasteiger partial charge in [-0.3, -0.25) is 24.4 Å². The van der Waals surface area contributed by atoms with Crippen molar-refractivity contribution in [3.05, 3.63) is 246 Å². The monoisotopic (exact) mass is 1270 g/mol. The first-order valence-corrected chi connectivity index (χ1v) is 32.8.